The van der Waals surface area contributed by atoms with Crippen molar-refractivity contribution in [2.45, 2.75) is 50.6 Å². The van der Waals surface area contributed by atoms with Crippen LogP contribution in [0.5, 0.6) is 0 Å². The number of nitrogens with one attached hydrogen (secondary N) is 1. The summed E-state index contributed by atoms with van der Waals surface area (Å²) in [7, 11) is 0. The van der Waals surface area contributed by atoms with Gasteiger partial charge in [0.05, 0.1) is 0 Å². The zero-order valence-corrected chi connectivity index (χ0v) is 8.34. The first-order valence-electron chi connectivity index (χ1n) is 5.42. The fourth-order valence-corrected chi connectivity index (χ4v) is 1.87. The summed E-state index contributed by atoms with van der Waals surface area (Å²) >= 11 is 0. The van der Waals surface area contributed by atoms with Gasteiger partial charge in [-0.25, -0.2) is 0 Å². The largest absolute Gasteiger partial charge is 0.396 e. The van der Waals surface area contributed by atoms with E-state index in [-0.39, 0.29) is 0 Å². The van der Waals surface area contributed by atoms with E-state index in [1.807, 2.05) is 0 Å². The van der Waals surface area contributed by atoms with Gasteiger partial charge >= 0.3 is 0 Å². The third-order valence-electron chi connectivity index (χ3n) is 2.79. The lowest BCUT2D eigenvalue weighted by Crippen LogP contribution is -2.37. The number of rotatable bonds is 5. The Labute approximate surface area is 80.7 Å². The van der Waals surface area contributed by atoms with Crippen LogP contribution in [0, 0.1) is 0 Å². The first kappa shape index (κ1) is 11.0. The van der Waals surface area contributed by atoms with Crippen LogP contribution in [0.1, 0.15) is 38.5 Å². The van der Waals surface area contributed by atoms with Crippen LogP contribution in [0.3, 0.4) is 0 Å². The van der Waals surface area contributed by atoms with E-state index in [4.69, 9.17) is 10.8 Å². The average Bonchev–Trinajstić information content (AvgIpc) is 2.15. The molecular formula is C10H22N2O. The highest BCUT2D eigenvalue weighted by Crippen LogP contribution is 2.16. The van der Waals surface area contributed by atoms with Crippen LogP contribution in [-0.4, -0.2) is 30.3 Å². The van der Waals surface area contributed by atoms with Gasteiger partial charge in [0.25, 0.3) is 0 Å². The zero-order valence-electron chi connectivity index (χ0n) is 8.34. The topological polar surface area (TPSA) is 58.3 Å². The molecule has 0 aromatic heterocycles. The zero-order chi connectivity index (χ0) is 9.52. The monoisotopic (exact) mass is 186 g/mol. The van der Waals surface area contributed by atoms with Crippen LogP contribution >= 0.6 is 0 Å². The molecule has 3 heteroatoms. The normalized spacial score (nSPS) is 29.1. The minimum absolute atomic E-state index is 0.317. The molecule has 1 aliphatic rings. The highest BCUT2D eigenvalue weighted by atomic mass is 16.2. The molecule has 0 amide bonds. The maximum atomic E-state index is 8.59. The predicted molar refractivity (Wildman–Crippen MR) is 54.6 cm³/mol. The van der Waals surface area contributed by atoms with Gasteiger partial charge in [0, 0.05) is 18.7 Å². The minimum Gasteiger partial charge on any atom is -0.396 e. The molecule has 78 valence electrons. The predicted octanol–water partition coefficient (Wildman–Crippen LogP) is 0.618. The Hall–Kier alpha value is -0.120. The summed E-state index contributed by atoms with van der Waals surface area (Å²) in [6.45, 7) is 1.36. The lowest BCUT2D eigenvalue weighted by Gasteiger charge is -2.26. The molecule has 1 rings (SSSR count). The summed E-state index contributed by atoms with van der Waals surface area (Å²) in [6.07, 6.45) is 6.77. The number of aliphatic hydroxyl groups is 1. The van der Waals surface area contributed by atoms with E-state index in [2.05, 4.69) is 5.32 Å². The van der Waals surface area contributed by atoms with Gasteiger partial charge in [0.2, 0.25) is 0 Å². The van der Waals surface area contributed by atoms with Gasteiger partial charge in [0.1, 0.15) is 0 Å². The summed E-state index contributed by atoms with van der Waals surface area (Å²) in [5.41, 5.74) is 5.81. The summed E-state index contributed by atoms with van der Waals surface area (Å²) in [4.78, 5) is 0. The van der Waals surface area contributed by atoms with Crippen LogP contribution < -0.4 is 11.1 Å². The molecule has 0 aromatic rings. The number of hydrogen-bond acceptors (Lipinski definition) is 3. The molecule has 1 fully saturated rings. The Bertz CT molecular complexity index is 122. The Morgan fingerprint density at radius 2 is 1.85 bits per heavy atom. The van der Waals surface area contributed by atoms with Crippen LogP contribution in [0.15, 0.2) is 0 Å². The number of nitrogens with two attached hydrogens (primary N) is 1. The lowest BCUT2D eigenvalue weighted by atomic mass is 9.92. The number of aliphatic hydroxyl groups excluding tert-OH is 1. The Kier molecular flexibility index (Phi) is 5.35. The molecule has 13 heavy (non-hydrogen) atoms. The first-order chi connectivity index (χ1) is 6.33. The highest BCUT2D eigenvalue weighted by Gasteiger charge is 2.17. The van der Waals surface area contributed by atoms with Crippen LogP contribution in [0.2, 0.25) is 0 Å². The van der Waals surface area contributed by atoms with Crippen molar-refractivity contribution in [3.05, 3.63) is 0 Å². The van der Waals surface area contributed by atoms with Gasteiger partial charge in [0.15, 0.2) is 0 Å². The lowest BCUT2D eigenvalue weighted by molar-refractivity contribution is 0.279. The fraction of sp³-hybridized carbons (Fsp3) is 1.00. The fourth-order valence-electron chi connectivity index (χ4n) is 1.87. The molecule has 0 aliphatic heterocycles. The molecule has 0 spiro atoms. The summed E-state index contributed by atoms with van der Waals surface area (Å²) in [5, 5.41) is 12.1. The van der Waals surface area contributed by atoms with E-state index in [0.717, 1.165) is 32.2 Å². The standard InChI is InChI=1S/C10H22N2O/c11-9-3-5-10(6-4-9)12-7-1-2-8-13/h9-10,12-13H,1-8,11H2. The third kappa shape index (κ3) is 4.60. The highest BCUT2D eigenvalue weighted by molar-refractivity contribution is 4.78. The SMILES string of the molecule is NC1CCC(NCCCCO)CC1. The summed E-state index contributed by atoms with van der Waals surface area (Å²) < 4.78 is 0. The molecule has 0 heterocycles. The molecule has 3 nitrogen and oxygen atoms in total. The van der Waals surface area contributed by atoms with E-state index < -0.39 is 0 Å². The molecule has 0 atom stereocenters. The van der Waals surface area contributed by atoms with Gasteiger partial charge in [-0.05, 0) is 45.1 Å². The molecule has 0 bridgehead atoms. The molecular weight excluding hydrogens is 164 g/mol. The van der Waals surface area contributed by atoms with Crippen LogP contribution in [0.4, 0.5) is 0 Å². The van der Waals surface area contributed by atoms with E-state index in [1.165, 1.54) is 12.8 Å². The van der Waals surface area contributed by atoms with Crippen molar-refractivity contribution in [1.82, 2.24) is 5.32 Å². The van der Waals surface area contributed by atoms with Crippen molar-refractivity contribution in [2.75, 3.05) is 13.2 Å². The van der Waals surface area contributed by atoms with Gasteiger partial charge < -0.3 is 16.2 Å². The first-order valence-corrected chi connectivity index (χ1v) is 5.42. The molecule has 0 unspecified atom stereocenters. The van der Waals surface area contributed by atoms with E-state index in [1.54, 1.807) is 0 Å². The van der Waals surface area contributed by atoms with Gasteiger partial charge in [-0.2, -0.15) is 0 Å². The Balaban J connectivity index is 1.96. The van der Waals surface area contributed by atoms with E-state index in [0.29, 0.717) is 18.7 Å². The maximum Gasteiger partial charge on any atom is 0.0431 e. The molecule has 0 aromatic carbocycles. The van der Waals surface area contributed by atoms with Gasteiger partial charge in [-0.3, -0.25) is 0 Å². The van der Waals surface area contributed by atoms with Crippen molar-refractivity contribution in [3.8, 4) is 0 Å². The second kappa shape index (κ2) is 6.35. The number of hydrogen-bond donors (Lipinski definition) is 3. The third-order valence-corrected chi connectivity index (χ3v) is 2.79. The van der Waals surface area contributed by atoms with Crippen molar-refractivity contribution in [2.24, 2.45) is 5.73 Å². The Morgan fingerprint density at radius 1 is 1.15 bits per heavy atom. The van der Waals surface area contributed by atoms with Crippen molar-refractivity contribution < 1.29 is 5.11 Å². The molecule has 0 radical (unpaired) electrons. The van der Waals surface area contributed by atoms with Gasteiger partial charge in [-0.15, -0.1) is 0 Å². The molecule has 4 N–H and O–H groups in total. The second-order valence-corrected chi connectivity index (χ2v) is 4.00. The van der Waals surface area contributed by atoms with Crippen molar-refractivity contribution in [3.63, 3.8) is 0 Å². The smallest absolute Gasteiger partial charge is 0.0431 e. The maximum absolute atomic E-state index is 8.59. The van der Waals surface area contributed by atoms with Crippen molar-refractivity contribution in [1.29, 1.82) is 0 Å². The van der Waals surface area contributed by atoms with E-state index in [9.17, 15) is 0 Å². The number of unbranched alkanes of at least 4 members (excludes halogenated alkanes) is 1. The summed E-state index contributed by atoms with van der Waals surface area (Å²) in [5.74, 6) is 0. The van der Waals surface area contributed by atoms with Crippen molar-refractivity contribution >= 4 is 0 Å². The molecule has 1 aliphatic carbocycles. The molecule has 0 saturated heterocycles. The van der Waals surface area contributed by atoms with E-state index >= 15 is 0 Å². The Morgan fingerprint density at radius 3 is 2.46 bits per heavy atom. The van der Waals surface area contributed by atoms with Crippen LogP contribution in [-0.2, 0) is 0 Å². The molecule has 1 saturated carbocycles. The summed E-state index contributed by atoms with van der Waals surface area (Å²) in [6, 6.07) is 1.12. The van der Waals surface area contributed by atoms with Crippen LogP contribution in [0.25, 0.3) is 0 Å². The average molecular weight is 186 g/mol. The quantitative estimate of drug-likeness (QED) is 0.552. The second-order valence-electron chi connectivity index (χ2n) is 4.00. The van der Waals surface area contributed by atoms with Gasteiger partial charge in [-0.1, -0.05) is 0 Å². The minimum atomic E-state index is 0.317.